The van der Waals surface area contributed by atoms with Gasteiger partial charge in [-0.3, -0.25) is 4.79 Å². The van der Waals surface area contributed by atoms with Crippen LogP contribution in [0.4, 0.5) is 0 Å². The van der Waals surface area contributed by atoms with E-state index >= 15 is 0 Å². The second kappa shape index (κ2) is 6.43. The standard InChI is InChI=1S/C14H28N2O3S/c1-11(2)16(10-12-6-8-15-9-7-12)13(17)14(3,4)20(5,18)19/h11-12,15H,6-10H2,1-5H3. The third kappa shape index (κ3) is 3.95. The Kier molecular flexibility index (Phi) is 5.61. The van der Waals surface area contributed by atoms with E-state index in [4.69, 9.17) is 0 Å². The molecule has 0 aromatic heterocycles. The minimum atomic E-state index is -3.42. The summed E-state index contributed by atoms with van der Waals surface area (Å²) in [6.07, 6.45) is 3.21. The van der Waals surface area contributed by atoms with Crippen molar-refractivity contribution in [2.45, 2.75) is 51.3 Å². The lowest BCUT2D eigenvalue weighted by Crippen LogP contribution is -2.53. The summed E-state index contributed by atoms with van der Waals surface area (Å²) in [7, 11) is -3.42. The highest BCUT2D eigenvalue weighted by Crippen LogP contribution is 2.23. The van der Waals surface area contributed by atoms with Gasteiger partial charge >= 0.3 is 0 Å². The largest absolute Gasteiger partial charge is 0.339 e. The van der Waals surface area contributed by atoms with Crippen molar-refractivity contribution < 1.29 is 13.2 Å². The Hall–Kier alpha value is -0.620. The van der Waals surface area contributed by atoms with Crippen LogP contribution in [-0.2, 0) is 14.6 Å². The van der Waals surface area contributed by atoms with Gasteiger partial charge in [-0.15, -0.1) is 0 Å². The second-order valence-corrected chi connectivity index (χ2v) is 9.09. The third-order valence-electron chi connectivity index (χ3n) is 4.24. The first-order chi connectivity index (χ1) is 9.07. The molecule has 1 fully saturated rings. The average Bonchev–Trinajstić information content (AvgIpc) is 2.34. The lowest BCUT2D eigenvalue weighted by atomic mass is 9.96. The number of nitrogens with zero attached hydrogens (tertiary/aromatic N) is 1. The molecule has 6 heteroatoms. The van der Waals surface area contributed by atoms with Crippen LogP contribution in [0.5, 0.6) is 0 Å². The number of nitrogens with one attached hydrogen (secondary N) is 1. The van der Waals surface area contributed by atoms with Gasteiger partial charge < -0.3 is 10.2 Å². The van der Waals surface area contributed by atoms with E-state index in [1.165, 1.54) is 13.8 Å². The zero-order valence-corrected chi connectivity index (χ0v) is 14.1. The molecule has 5 nitrogen and oxygen atoms in total. The SMILES string of the molecule is CC(C)N(CC1CCNCC1)C(=O)C(C)(C)S(C)(=O)=O. The van der Waals surface area contributed by atoms with Crippen LogP contribution in [0.15, 0.2) is 0 Å². The van der Waals surface area contributed by atoms with Crippen molar-refractivity contribution in [3.8, 4) is 0 Å². The predicted octanol–water partition coefficient (Wildman–Crippen LogP) is 1.05. The first-order valence-corrected chi connectivity index (χ1v) is 9.18. The zero-order chi connectivity index (χ0) is 15.6. The minimum absolute atomic E-state index is 0.0124. The Labute approximate surface area is 123 Å². The minimum Gasteiger partial charge on any atom is -0.339 e. The molecule has 1 saturated heterocycles. The van der Waals surface area contributed by atoms with Gasteiger partial charge in [0, 0.05) is 18.8 Å². The van der Waals surface area contributed by atoms with Gasteiger partial charge in [-0.2, -0.15) is 0 Å². The van der Waals surface area contributed by atoms with E-state index in [-0.39, 0.29) is 11.9 Å². The van der Waals surface area contributed by atoms with Gasteiger partial charge in [0.15, 0.2) is 9.84 Å². The van der Waals surface area contributed by atoms with Crippen molar-refractivity contribution in [3.05, 3.63) is 0 Å². The molecule has 0 saturated carbocycles. The summed E-state index contributed by atoms with van der Waals surface area (Å²) in [5.74, 6) is 0.173. The van der Waals surface area contributed by atoms with Gasteiger partial charge in [-0.1, -0.05) is 0 Å². The lowest BCUT2D eigenvalue weighted by Gasteiger charge is -2.37. The molecule has 20 heavy (non-hydrogen) atoms. The van der Waals surface area contributed by atoms with E-state index in [9.17, 15) is 13.2 Å². The smallest absolute Gasteiger partial charge is 0.243 e. The maximum atomic E-state index is 12.7. The van der Waals surface area contributed by atoms with Crippen LogP contribution in [0.2, 0.25) is 0 Å². The topological polar surface area (TPSA) is 66.5 Å². The van der Waals surface area contributed by atoms with Crippen molar-refractivity contribution >= 4 is 15.7 Å². The Morgan fingerprint density at radius 3 is 2.20 bits per heavy atom. The molecule has 118 valence electrons. The van der Waals surface area contributed by atoms with Crippen molar-refractivity contribution in [2.24, 2.45) is 5.92 Å². The summed E-state index contributed by atoms with van der Waals surface area (Å²) in [6, 6.07) is 0.0124. The summed E-state index contributed by atoms with van der Waals surface area (Å²) < 4.78 is 22.4. The molecular formula is C14H28N2O3S. The van der Waals surface area contributed by atoms with Gasteiger partial charge in [0.25, 0.3) is 0 Å². The van der Waals surface area contributed by atoms with E-state index in [0.29, 0.717) is 12.5 Å². The number of hydrogen-bond donors (Lipinski definition) is 1. The van der Waals surface area contributed by atoms with Crippen molar-refractivity contribution in [1.29, 1.82) is 0 Å². The van der Waals surface area contributed by atoms with Gasteiger partial charge in [-0.05, 0) is 59.5 Å². The number of rotatable bonds is 5. The summed E-state index contributed by atoms with van der Waals surface area (Å²) in [5, 5.41) is 3.30. The Morgan fingerprint density at radius 2 is 1.80 bits per heavy atom. The van der Waals surface area contributed by atoms with Crippen LogP contribution in [0, 0.1) is 5.92 Å². The van der Waals surface area contributed by atoms with E-state index < -0.39 is 14.6 Å². The van der Waals surface area contributed by atoms with Crippen LogP contribution >= 0.6 is 0 Å². The summed E-state index contributed by atoms with van der Waals surface area (Å²) in [5.41, 5.74) is 0. The molecule has 0 aromatic rings. The molecule has 0 atom stereocenters. The highest BCUT2D eigenvalue weighted by atomic mass is 32.2. The van der Waals surface area contributed by atoms with E-state index in [2.05, 4.69) is 5.32 Å². The number of hydrogen-bond acceptors (Lipinski definition) is 4. The number of amides is 1. The Balaban J connectivity index is 2.88. The Bertz CT molecular complexity index is 437. The quantitative estimate of drug-likeness (QED) is 0.824. The monoisotopic (exact) mass is 304 g/mol. The molecule has 0 radical (unpaired) electrons. The number of carbonyl (C=O) groups excluding carboxylic acids is 1. The molecular weight excluding hydrogens is 276 g/mol. The summed E-state index contributed by atoms with van der Waals surface area (Å²) >= 11 is 0. The number of carbonyl (C=O) groups is 1. The first kappa shape index (κ1) is 17.4. The van der Waals surface area contributed by atoms with Gasteiger partial charge in [-0.25, -0.2) is 8.42 Å². The predicted molar refractivity (Wildman–Crippen MR) is 81.4 cm³/mol. The Morgan fingerprint density at radius 1 is 1.30 bits per heavy atom. The van der Waals surface area contributed by atoms with Crippen LogP contribution in [0.1, 0.15) is 40.5 Å². The highest BCUT2D eigenvalue weighted by Gasteiger charge is 2.42. The van der Waals surface area contributed by atoms with E-state index in [0.717, 1.165) is 32.2 Å². The normalized spacial score (nSPS) is 18.3. The molecule has 0 spiro atoms. The zero-order valence-electron chi connectivity index (χ0n) is 13.3. The molecule has 0 aromatic carbocycles. The molecule has 0 unspecified atom stereocenters. The summed E-state index contributed by atoms with van der Waals surface area (Å²) in [4.78, 5) is 14.4. The van der Waals surface area contributed by atoms with Crippen LogP contribution < -0.4 is 5.32 Å². The average molecular weight is 304 g/mol. The van der Waals surface area contributed by atoms with Crippen LogP contribution in [-0.4, -0.2) is 55.9 Å². The van der Waals surface area contributed by atoms with Gasteiger partial charge in [0.05, 0.1) is 0 Å². The molecule has 0 aliphatic carbocycles. The molecule has 1 N–H and O–H groups in total. The molecule has 1 heterocycles. The van der Waals surface area contributed by atoms with Crippen molar-refractivity contribution in [3.63, 3.8) is 0 Å². The highest BCUT2D eigenvalue weighted by molar-refractivity contribution is 7.92. The van der Waals surface area contributed by atoms with Gasteiger partial charge in [0.1, 0.15) is 4.75 Å². The maximum Gasteiger partial charge on any atom is 0.243 e. The van der Waals surface area contributed by atoms with E-state index in [1.54, 1.807) is 4.90 Å². The number of sulfone groups is 1. The van der Waals surface area contributed by atoms with Crippen molar-refractivity contribution in [2.75, 3.05) is 25.9 Å². The second-order valence-electron chi connectivity index (χ2n) is 6.53. The van der Waals surface area contributed by atoms with Gasteiger partial charge in [0.2, 0.25) is 5.91 Å². The molecule has 1 aliphatic rings. The third-order valence-corrected chi connectivity index (χ3v) is 6.27. The first-order valence-electron chi connectivity index (χ1n) is 7.28. The van der Waals surface area contributed by atoms with Crippen LogP contribution in [0.25, 0.3) is 0 Å². The fourth-order valence-corrected chi connectivity index (χ4v) is 2.81. The molecule has 1 rings (SSSR count). The van der Waals surface area contributed by atoms with E-state index in [1.807, 2.05) is 13.8 Å². The molecule has 1 aliphatic heterocycles. The number of piperidine rings is 1. The van der Waals surface area contributed by atoms with Crippen LogP contribution in [0.3, 0.4) is 0 Å². The summed E-state index contributed by atoms with van der Waals surface area (Å²) in [6.45, 7) is 9.48. The maximum absolute atomic E-state index is 12.7. The molecule has 0 bridgehead atoms. The molecule has 1 amide bonds. The fourth-order valence-electron chi connectivity index (χ4n) is 2.38. The van der Waals surface area contributed by atoms with Crippen molar-refractivity contribution in [1.82, 2.24) is 10.2 Å². The fraction of sp³-hybridized carbons (Fsp3) is 0.929. The lowest BCUT2D eigenvalue weighted by molar-refractivity contribution is -0.135.